The molecule has 1 saturated heterocycles. The molecule has 94 valence electrons. The van der Waals surface area contributed by atoms with Gasteiger partial charge in [-0.2, -0.15) is 0 Å². The van der Waals surface area contributed by atoms with Crippen LogP contribution >= 0.6 is 0 Å². The van der Waals surface area contributed by atoms with E-state index in [1.54, 1.807) is 8.70 Å². The van der Waals surface area contributed by atoms with E-state index in [4.69, 9.17) is 0 Å². The molecular weight excluding hydrogens is 279 g/mol. The van der Waals surface area contributed by atoms with Crippen molar-refractivity contribution in [3.63, 3.8) is 0 Å². The quantitative estimate of drug-likeness (QED) is 0.747. The fourth-order valence-electron chi connectivity index (χ4n) is 3.41. The zero-order valence-electron chi connectivity index (χ0n) is 10.8. The van der Waals surface area contributed by atoms with Crippen LogP contribution in [0.3, 0.4) is 0 Å². The minimum atomic E-state index is -2.03. The zero-order valence-corrected chi connectivity index (χ0v) is 12.9. The van der Waals surface area contributed by atoms with Crippen molar-refractivity contribution in [1.29, 1.82) is 0 Å². The van der Waals surface area contributed by atoms with Crippen LogP contribution in [0.4, 0.5) is 0 Å². The maximum atomic E-state index is 2.39. The molecule has 0 atom stereocenters. The molecule has 0 saturated carbocycles. The normalized spacial score (nSPS) is 20.2. The first-order valence-corrected chi connectivity index (χ1v) is 12.1. The van der Waals surface area contributed by atoms with Gasteiger partial charge in [-0.1, -0.05) is 0 Å². The van der Waals surface area contributed by atoms with Gasteiger partial charge in [0.25, 0.3) is 0 Å². The van der Waals surface area contributed by atoms with Crippen molar-refractivity contribution in [2.45, 2.75) is 29.7 Å². The summed E-state index contributed by atoms with van der Waals surface area (Å²) in [6, 6.07) is 22.7. The summed E-state index contributed by atoms with van der Waals surface area (Å²) in [6.07, 6.45) is 4.31. The Balaban J connectivity index is 2.10. The molecule has 1 fully saturated rings. The summed E-state index contributed by atoms with van der Waals surface area (Å²) in [6.45, 7) is 0. The van der Waals surface area contributed by atoms with Crippen LogP contribution in [0.5, 0.6) is 0 Å². The molecule has 1 heterocycles. The van der Waals surface area contributed by atoms with Crippen LogP contribution in [0.1, 0.15) is 19.3 Å². The second kappa shape index (κ2) is 5.32. The van der Waals surface area contributed by atoms with Crippen molar-refractivity contribution in [2.24, 2.45) is 0 Å². The molecule has 1 aliphatic rings. The maximum absolute atomic E-state index is 2.39. The fraction of sp³-hybridized carbons (Fsp3) is 0.294. The molecule has 1 aliphatic heterocycles. The molecule has 0 nitrogen and oxygen atoms in total. The van der Waals surface area contributed by atoms with Crippen LogP contribution in [0.25, 0.3) is 0 Å². The van der Waals surface area contributed by atoms with Crippen LogP contribution in [-0.2, 0) is 0 Å². The number of rotatable bonds is 2. The topological polar surface area (TPSA) is 0 Å². The predicted molar refractivity (Wildman–Crippen MR) is 82.8 cm³/mol. The Labute approximate surface area is 112 Å². The molecule has 0 aliphatic carbocycles. The molecule has 0 aromatic heterocycles. The standard InChI is InChI=1S/C17H21As/c1-4-10-16(11-5-1)18(14-8-3-9-15-18)17-12-6-2-7-13-17/h1-2,4-7,10-13,18H,3,8-9,14-15H2. The van der Waals surface area contributed by atoms with Crippen LogP contribution < -0.4 is 8.70 Å². The number of hydrogen-bond acceptors (Lipinski definition) is 0. The summed E-state index contributed by atoms with van der Waals surface area (Å²) >= 11 is -2.03. The summed E-state index contributed by atoms with van der Waals surface area (Å²) in [5, 5.41) is 2.96. The molecule has 0 unspecified atom stereocenters. The first-order valence-electron chi connectivity index (χ1n) is 7.03. The second-order valence-corrected chi connectivity index (χ2v) is 14.4. The van der Waals surface area contributed by atoms with Gasteiger partial charge in [-0.25, -0.2) is 0 Å². The summed E-state index contributed by atoms with van der Waals surface area (Å²) in [5.41, 5.74) is 0. The van der Waals surface area contributed by atoms with Crippen molar-refractivity contribution >= 4 is 22.3 Å². The third-order valence-electron chi connectivity index (χ3n) is 4.36. The first-order chi connectivity index (χ1) is 8.92. The average molecular weight is 300 g/mol. The SMILES string of the molecule is c1ccc([AsH]2(c3ccccc3)CCCCC2)cc1. The van der Waals surface area contributed by atoms with E-state index < -0.39 is 13.6 Å². The van der Waals surface area contributed by atoms with Crippen molar-refractivity contribution < 1.29 is 0 Å². The molecule has 1 heteroatoms. The minimum absolute atomic E-state index is 1.43. The molecule has 0 bridgehead atoms. The van der Waals surface area contributed by atoms with Crippen molar-refractivity contribution in [2.75, 3.05) is 0 Å². The predicted octanol–water partition coefficient (Wildman–Crippen LogP) is 3.17. The Morgan fingerprint density at radius 2 is 1.00 bits per heavy atom. The Morgan fingerprint density at radius 1 is 0.556 bits per heavy atom. The fourth-order valence-corrected chi connectivity index (χ4v) is 14.1. The molecule has 2 aromatic carbocycles. The molecule has 0 N–H and O–H groups in total. The van der Waals surface area contributed by atoms with Crippen molar-refractivity contribution in [3.8, 4) is 0 Å². The van der Waals surface area contributed by atoms with Gasteiger partial charge in [0.15, 0.2) is 0 Å². The zero-order chi connectivity index (χ0) is 12.3. The number of benzene rings is 2. The average Bonchev–Trinajstić information content (AvgIpc) is 2.50. The van der Waals surface area contributed by atoms with E-state index >= 15 is 0 Å². The molecule has 2 aromatic rings. The van der Waals surface area contributed by atoms with Gasteiger partial charge in [-0.15, -0.1) is 0 Å². The number of hydrogen-bond donors (Lipinski definition) is 0. The summed E-state index contributed by atoms with van der Waals surface area (Å²) in [4.78, 5) is 0. The van der Waals surface area contributed by atoms with E-state index in [0.717, 1.165) is 0 Å². The van der Waals surface area contributed by atoms with Crippen LogP contribution in [-0.4, -0.2) is 13.6 Å². The third kappa shape index (κ3) is 2.15. The monoisotopic (exact) mass is 300 g/mol. The van der Waals surface area contributed by atoms with Gasteiger partial charge in [-0.3, -0.25) is 0 Å². The first kappa shape index (κ1) is 12.1. The molecular formula is C17H21As. The van der Waals surface area contributed by atoms with Crippen LogP contribution in [0, 0.1) is 0 Å². The Morgan fingerprint density at radius 3 is 1.44 bits per heavy atom. The Bertz CT molecular complexity index is 442. The van der Waals surface area contributed by atoms with Crippen molar-refractivity contribution in [1.82, 2.24) is 0 Å². The van der Waals surface area contributed by atoms with E-state index in [-0.39, 0.29) is 0 Å². The van der Waals surface area contributed by atoms with Gasteiger partial charge in [0, 0.05) is 0 Å². The summed E-state index contributed by atoms with van der Waals surface area (Å²) < 4.78 is 3.37. The van der Waals surface area contributed by atoms with Gasteiger partial charge in [-0.05, 0) is 0 Å². The Kier molecular flexibility index (Phi) is 3.57. The molecule has 0 spiro atoms. The van der Waals surface area contributed by atoms with E-state index in [9.17, 15) is 0 Å². The summed E-state index contributed by atoms with van der Waals surface area (Å²) in [7, 11) is 0. The third-order valence-corrected chi connectivity index (χ3v) is 15.5. The van der Waals surface area contributed by atoms with E-state index in [1.165, 1.54) is 29.7 Å². The van der Waals surface area contributed by atoms with Gasteiger partial charge in [0.1, 0.15) is 0 Å². The van der Waals surface area contributed by atoms with Gasteiger partial charge < -0.3 is 0 Å². The second-order valence-electron chi connectivity index (χ2n) is 5.37. The molecule has 0 radical (unpaired) electrons. The van der Waals surface area contributed by atoms with Crippen LogP contribution in [0.2, 0.25) is 10.4 Å². The molecule has 0 amide bonds. The van der Waals surface area contributed by atoms with Gasteiger partial charge in [0.05, 0.1) is 0 Å². The van der Waals surface area contributed by atoms with E-state index in [0.29, 0.717) is 0 Å². The van der Waals surface area contributed by atoms with Crippen LogP contribution in [0.15, 0.2) is 60.7 Å². The molecule has 18 heavy (non-hydrogen) atoms. The summed E-state index contributed by atoms with van der Waals surface area (Å²) in [5.74, 6) is 0. The Hall–Kier alpha value is -1.00. The van der Waals surface area contributed by atoms with E-state index in [2.05, 4.69) is 60.7 Å². The van der Waals surface area contributed by atoms with Gasteiger partial charge in [0.2, 0.25) is 0 Å². The van der Waals surface area contributed by atoms with E-state index in [1.807, 2.05) is 0 Å². The molecule has 3 rings (SSSR count). The van der Waals surface area contributed by atoms with Gasteiger partial charge >= 0.3 is 113 Å². The van der Waals surface area contributed by atoms with Crippen molar-refractivity contribution in [3.05, 3.63) is 60.7 Å².